The molecule has 0 aliphatic heterocycles. The molecule has 0 aliphatic rings. The first kappa shape index (κ1) is 22.1. The van der Waals surface area contributed by atoms with Gasteiger partial charge in [-0.2, -0.15) is 6.07 Å². The minimum absolute atomic E-state index is 0. The van der Waals surface area contributed by atoms with Gasteiger partial charge in [-0.3, -0.25) is 9.83 Å². The van der Waals surface area contributed by atoms with Crippen LogP contribution in [0.2, 0.25) is 0 Å². The van der Waals surface area contributed by atoms with Crippen LogP contribution in [0.25, 0.3) is 21.9 Å². The second kappa shape index (κ2) is 8.43. The molecule has 0 aliphatic carbocycles. The summed E-state index contributed by atoms with van der Waals surface area (Å²) in [5.41, 5.74) is 6.59. The van der Waals surface area contributed by atoms with Crippen molar-refractivity contribution in [1.29, 1.82) is 0 Å². The van der Waals surface area contributed by atoms with E-state index in [-0.39, 0.29) is 25.5 Å². The van der Waals surface area contributed by atoms with Gasteiger partial charge in [-0.25, -0.2) is 0 Å². The summed E-state index contributed by atoms with van der Waals surface area (Å²) >= 11 is 0. The molecule has 0 atom stereocenters. The Hall–Kier alpha value is -2.21. The van der Waals surface area contributed by atoms with Crippen LogP contribution in [0.5, 0.6) is 0 Å². The number of nitrogens with zero attached hydrogens (tertiary/aromatic N) is 3. The minimum Gasteiger partial charge on any atom is -0.340 e. The molecule has 1 heterocycles. The van der Waals surface area contributed by atoms with E-state index in [9.17, 15) is 0 Å². The molecule has 0 saturated carbocycles. The van der Waals surface area contributed by atoms with E-state index >= 15 is 0 Å². The molecule has 0 unspecified atom stereocenters. The maximum absolute atomic E-state index is 7.27. The van der Waals surface area contributed by atoms with Crippen LogP contribution in [0, 0.1) is 19.6 Å². The molecule has 0 bridgehead atoms. The van der Waals surface area contributed by atoms with Gasteiger partial charge < -0.3 is 4.57 Å². The fraction of sp³-hybridized carbons (Fsp3) is 0.333. The first-order chi connectivity index (χ1) is 12.7. The number of hydrogen-bond acceptors (Lipinski definition) is 1. The molecule has 1 aromatic heterocycles. The van der Waals surface area contributed by atoms with Crippen molar-refractivity contribution in [2.24, 2.45) is 0 Å². The molecule has 0 amide bonds. The summed E-state index contributed by atoms with van der Waals surface area (Å²) in [5.74, 6) is 1.20. The van der Waals surface area contributed by atoms with E-state index in [2.05, 4.69) is 74.1 Å². The summed E-state index contributed by atoms with van der Waals surface area (Å²) < 4.78 is 2.14. The van der Waals surface area contributed by atoms with Crippen molar-refractivity contribution in [2.45, 2.75) is 52.9 Å². The summed E-state index contributed by atoms with van der Waals surface area (Å²) in [7, 11) is 0. The Morgan fingerprint density at radius 1 is 1.18 bits per heavy atom. The SMILES string of the molecule is [C-]#[N+]c1cc[c-]c(-c2nccn2-c2c(C)cc(C(C)(C)C)cc2C(C)C)c1.[Ir]. The fourth-order valence-corrected chi connectivity index (χ4v) is 3.35. The van der Waals surface area contributed by atoms with E-state index in [0.717, 1.165) is 11.4 Å². The first-order valence-corrected chi connectivity index (χ1v) is 9.30. The Morgan fingerprint density at radius 2 is 1.89 bits per heavy atom. The second-order valence-corrected chi connectivity index (χ2v) is 8.33. The van der Waals surface area contributed by atoms with E-state index in [1.165, 1.54) is 22.4 Å². The van der Waals surface area contributed by atoms with Crippen LogP contribution in [0.15, 0.2) is 42.7 Å². The largest absolute Gasteiger partial charge is 0.340 e. The predicted molar refractivity (Wildman–Crippen MR) is 112 cm³/mol. The molecular weight excluding hydrogens is 523 g/mol. The zero-order valence-electron chi connectivity index (χ0n) is 17.3. The van der Waals surface area contributed by atoms with Crippen molar-refractivity contribution in [3.05, 3.63) is 76.9 Å². The van der Waals surface area contributed by atoms with Gasteiger partial charge >= 0.3 is 0 Å². The standard InChI is InChI=1S/C24H26N3.Ir/c1-16(2)21-15-19(24(4,5)6)13-17(3)22(21)27-12-11-26-23(27)18-9-8-10-20(14-18)25-7;/h8,10-16H,1-6H3;/q-1;. The quantitative estimate of drug-likeness (QED) is 0.338. The Balaban J connectivity index is 0.00000280. The van der Waals surface area contributed by atoms with Crippen molar-refractivity contribution in [3.63, 3.8) is 0 Å². The molecule has 3 aromatic rings. The van der Waals surface area contributed by atoms with Crippen LogP contribution < -0.4 is 0 Å². The molecule has 0 fully saturated rings. The van der Waals surface area contributed by atoms with Gasteiger partial charge in [0.2, 0.25) is 0 Å². The van der Waals surface area contributed by atoms with Gasteiger partial charge in [0.1, 0.15) is 5.69 Å². The van der Waals surface area contributed by atoms with E-state index in [1.54, 1.807) is 12.1 Å². The van der Waals surface area contributed by atoms with Crippen LogP contribution in [0.3, 0.4) is 0 Å². The Kier molecular flexibility index (Phi) is 6.65. The van der Waals surface area contributed by atoms with Crippen molar-refractivity contribution < 1.29 is 20.1 Å². The maximum atomic E-state index is 7.27. The van der Waals surface area contributed by atoms with E-state index in [1.807, 2.05) is 18.5 Å². The van der Waals surface area contributed by atoms with Gasteiger partial charge in [-0.1, -0.05) is 46.8 Å². The Bertz CT molecular complexity index is 1020. The molecule has 0 N–H and O–H groups in total. The van der Waals surface area contributed by atoms with Gasteiger partial charge in [0.05, 0.1) is 12.4 Å². The number of hydrogen-bond donors (Lipinski definition) is 0. The fourth-order valence-electron chi connectivity index (χ4n) is 3.35. The number of aromatic nitrogens is 2. The number of rotatable bonds is 3. The van der Waals surface area contributed by atoms with Gasteiger partial charge in [-0.15, -0.1) is 23.8 Å². The van der Waals surface area contributed by atoms with Crippen LogP contribution in [-0.2, 0) is 25.5 Å². The van der Waals surface area contributed by atoms with Gasteiger partial charge in [0, 0.05) is 38.2 Å². The van der Waals surface area contributed by atoms with E-state index in [0.29, 0.717) is 11.6 Å². The Labute approximate surface area is 182 Å². The molecule has 28 heavy (non-hydrogen) atoms. The molecule has 147 valence electrons. The second-order valence-electron chi connectivity index (χ2n) is 8.33. The van der Waals surface area contributed by atoms with Crippen LogP contribution >= 0.6 is 0 Å². The monoisotopic (exact) mass is 549 g/mol. The molecule has 4 heteroatoms. The van der Waals surface area contributed by atoms with Crippen molar-refractivity contribution in [3.8, 4) is 17.1 Å². The van der Waals surface area contributed by atoms with Crippen molar-refractivity contribution in [2.75, 3.05) is 0 Å². The number of benzene rings is 2. The summed E-state index contributed by atoms with van der Waals surface area (Å²) in [6.07, 6.45) is 3.81. The molecule has 2 aromatic carbocycles. The smallest absolute Gasteiger partial charge is 0.109 e. The summed E-state index contributed by atoms with van der Waals surface area (Å²) in [6, 6.07) is 13.3. The number of imidazole rings is 1. The summed E-state index contributed by atoms with van der Waals surface area (Å²) in [4.78, 5) is 8.12. The molecule has 3 nitrogen and oxygen atoms in total. The summed E-state index contributed by atoms with van der Waals surface area (Å²) in [6.45, 7) is 20.6. The van der Waals surface area contributed by atoms with Crippen LogP contribution in [0.4, 0.5) is 5.69 Å². The maximum Gasteiger partial charge on any atom is 0.109 e. The van der Waals surface area contributed by atoms with Crippen LogP contribution in [-0.4, -0.2) is 9.55 Å². The first-order valence-electron chi connectivity index (χ1n) is 9.30. The van der Waals surface area contributed by atoms with Crippen molar-refractivity contribution in [1.82, 2.24) is 9.55 Å². The third kappa shape index (κ3) is 4.27. The minimum atomic E-state index is 0. The molecular formula is C24H26IrN3-. The number of aryl methyl sites for hydroxylation is 1. The molecule has 1 radical (unpaired) electrons. The average Bonchev–Trinajstić information content (AvgIpc) is 3.09. The third-order valence-electron chi connectivity index (χ3n) is 4.85. The molecule has 0 spiro atoms. The topological polar surface area (TPSA) is 22.2 Å². The van der Waals surface area contributed by atoms with E-state index in [4.69, 9.17) is 6.57 Å². The zero-order chi connectivity index (χ0) is 19.8. The van der Waals surface area contributed by atoms with Gasteiger partial charge in [0.25, 0.3) is 0 Å². The molecule has 3 rings (SSSR count). The van der Waals surface area contributed by atoms with E-state index < -0.39 is 0 Å². The average molecular weight is 549 g/mol. The predicted octanol–water partition coefficient (Wildman–Crippen LogP) is 6.62. The zero-order valence-corrected chi connectivity index (χ0v) is 19.7. The van der Waals surface area contributed by atoms with Gasteiger partial charge in [-0.05, 0) is 34.9 Å². The normalized spacial score (nSPS) is 11.2. The molecule has 0 saturated heterocycles. The summed E-state index contributed by atoms with van der Waals surface area (Å²) in [5, 5.41) is 0. The Morgan fingerprint density at radius 3 is 2.50 bits per heavy atom. The van der Waals surface area contributed by atoms with Crippen molar-refractivity contribution >= 4 is 5.69 Å². The van der Waals surface area contributed by atoms with Gasteiger partial charge in [0.15, 0.2) is 0 Å². The van der Waals surface area contributed by atoms with Crippen LogP contribution in [0.1, 0.15) is 57.2 Å². The third-order valence-corrected chi connectivity index (χ3v) is 4.85.